The zero-order chi connectivity index (χ0) is 17.8. The van der Waals surface area contributed by atoms with Crippen molar-refractivity contribution in [2.45, 2.75) is 25.9 Å². The molecular weight excluding hydrogens is 320 g/mol. The first-order valence-corrected chi connectivity index (χ1v) is 8.31. The largest absolute Gasteiger partial charge is 0.490 e. The van der Waals surface area contributed by atoms with Crippen molar-refractivity contribution >= 4 is 11.6 Å². The van der Waals surface area contributed by atoms with Gasteiger partial charge in [-0.1, -0.05) is 24.3 Å². The maximum absolute atomic E-state index is 12.7. The number of carbonyl (C=O) groups excluding carboxylic acids is 1. The Balaban J connectivity index is 1.64. The van der Waals surface area contributed by atoms with Gasteiger partial charge in [-0.3, -0.25) is 14.9 Å². The number of hydrogen-bond donors (Lipinski definition) is 0. The van der Waals surface area contributed by atoms with Gasteiger partial charge >= 0.3 is 0 Å². The van der Waals surface area contributed by atoms with E-state index in [1.54, 1.807) is 24.0 Å². The summed E-state index contributed by atoms with van der Waals surface area (Å²) in [6.45, 7) is 2.79. The van der Waals surface area contributed by atoms with Gasteiger partial charge in [0.25, 0.3) is 11.6 Å². The van der Waals surface area contributed by atoms with Crippen LogP contribution in [0.4, 0.5) is 5.69 Å². The Morgan fingerprint density at radius 2 is 1.80 bits per heavy atom. The van der Waals surface area contributed by atoms with Crippen molar-refractivity contribution < 1.29 is 14.5 Å². The van der Waals surface area contributed by atoms with Crippen molar-refractivity contribution in [3.8, 4) is 5.75 Å². The van der Waals surface area contributed by atoms with E-state index in [4.69, 9.17) is 4.74 Å². The normalized spacial score (nSPS) is 15.0. The number of amides is 1. The third-order valence-corrected chi connectivity index (χ3v) is 4.51. The topological polar surface area (TPSA) is 72.7 Å². The first-order valence-electron chi connectivity index (χ1n) is 8.31. The zero-order valence-corrected chi connectivity index (χ0v) is 14.1. The summed E-state index contributed by atoms with van der Waals surface area (Å²) in [6, 6.07) is 14.3. The Morgan fingerprint density at radius 1 is 1.12 bits per heavy atom. The first kappa shape index (κ1) is 17.0. The van der Waals surface area contributed by atoms with Gasteiger partial charge in [0.1, 0.15) is 11.9 Å². The average Bonchev–Trinajstić information content (AvgIpc) is 2.62. The van der Waals surface area contributed by atoms with Gasteiger partial charge in [0.2, 0.25) is 0 Å². The van der Waals surface area contributed by atoms with Crippen LogP contribution in [0.3, 0.4) is 0 Å². The summed E-state index contributed by atoms with van der Waals surface area (Å²) in [5.41, 5.74) is 0.796. The van der Waals surface area contributed by atoms with Gasteiger partial charge in [-0.05, 0) is 25.1 Å². The van der Waals surface area contributed by atoms with E-state index in [0.29, 0.717) is 24.2 Å². The van der Waals surface area contributed by atoms with E-state index in [1.165, 1.54) is 6.07 Å². The minimum absolute atomic E-state index is 0.0202. The average molecular weight is 340 g/mol. The number of nitrogens with zero attached hydrogens (tertiary/aromatic N) is 2. The summed E-state index contributed by atoms with van der Waals surface area (Å²) in [7, 11) is 0. The molecule has 0 aromatic heterocycles. The molecule has 1 saturated heterocycles. The molecule has 3 rings (SSSR count). The zero-order valence-electron chi connectivity index (χ0n) is 14.1. The first-order chi connectivity index (χ1) is 12.1. The number of ether oxygens (including phenoxy) is 1. The van der Waals surface area contributed by atoms with Crippen molar-refractivity contribution in [2.24, 2.45) is 0 Å². The predicted molar refractivity (Wildman–Crippen MR) is 93.8 cm³/mol. The highest BCUT2D eigenvalue weighted by Gasteiger charge is 2.27. The van der Waals surface area contributed by atoms with E-state index in [0.717, 1.165) is 18.6 Å². The van der Waals surface area contributed by atoms with E-state index >= 15 is 0 Å². The van der Waals surface area contributed by atoms with Crippen LogP contribution >= 0.6 is 0 Å². The predicted octanol–water partition coefficient (Wildman–Crippen LogP) is 3.59. The van der Waals surface area contributed by atoms with Crippen LogP contribution in [0.2, 0.25) is 0 Å². The van der Waals surface area contributed by atoms with E-state index in [9.17, 15) is 14.9 Å². The molecule has 130 valence electrons. The van der Waals surface area contributed by atoms with Gasteiger partial charge in [0.15, 0.2) is 0 Å². The molecule has 1 amide bonds. The van der Waals surface area contributed by atoms with Crippen LogP contribution in [0.5, 0.6) is 5.75 Å². The summed E-state index contributed by atoms with van der Waals surface area (Å²) in [6.07, 6.45) is 1.57. The van der Waals surface area contributed by atoms with Gasteiger partial charge < -0.3 is 9.64 Å². The van der Waals surface area contributed by atoms with Gasteiger partial charge in [-0.25, -0.2) is 0 Å². The molecule has 0 aliphatic carbocycles. The lowest BCUT2D eigenvalue weighted by atomic mass is 10.0. The van der Waals surface area contributed by atoms with E-state index in [-0.39, 0.29) is 17.7 Å². The van der Waals surface area contributed by atoms with Gasteiger partial charge in [0.05, 0.1) is 4.92 Å². The molecule has 1 fully saturated rings. The Morgan fingerprint density at radius 3 is 2.44 bits per heavy atom. The van der Waals surface area contributed by atoms with E-state index in [1.807, 2.05) is 30.3 Å². The summed E-state index contributed by atoms with van der Waals surface area (Å²) >= 11 is 0. The monoisotopic (exact) mass is 340 g/mol. The highest BCUT2D eigenvalue weighted by atomic mass is 16.6. The second-order valence-electron chi connectivity index (χ2n) is 6.13. The molecule has 25 heavy (non-hydrogen) atoms. The Bertz CT molecular complexity index is 768. The van der Waals surface area contributed by atoms with Gasteiger partial charge in [-0.2, -0.15) is 0 Å². The molecule has 2 aromatic carbocycles. The molecule has 1 aliphatic rings. The van der Waals surface area contributed by atoms with Crippen molar-refractivity contribution in [3.63, 3.8) is 0 Å². The molecule has 0 spiro atoms. The molecule has 0 atom stereocenters. The van der Waals surface area contributed by atoms with Gasteiger partial charge in [0, 0.05) is 43.1 Å². The highest BCUT2D eigenvalue weighted by molar-refractivity contribution is 5.96. The van der Waals surface area contributed by atoms with Crippen molar-refractivity contribution in [1.82, 2.24) is 4.90 Å². The molecule has 0 saturated carbocycles. The fourth-order valence-electron chi connectivity index (χ4n) is 3.09. The number of hydrogen-bond acceptors (Lipinski definition) is 4. The molecule has 0 bridgehead atoms. The van der Waals surface area contributed by atoms with Crippen molar-refractivity contribution in [1.29, 1.82) is 0 Å². The van der Waals surface area contributed by atoms with E-state index in [2.05, 4.69) is 0 Å². The maximum Gasteiger partial charge on any atom is 0.273 e. The van der Waals surface area contributed by atoms with Crippen molar-refractivity contribution in [2.75, 3.05) is 13.1 Å². The number of nitro benzene ring substituents is 1. The van der Waals surface area contributed by atoms with Gasteiger partial charge in [-0.15, -0.1) is 0 Å². The third kappa shape index (κ3) is 3.79. The smallest absolute Gasteiger partial charge is 0.273 e. The number of rotatable bonds is 4. The lowest BCUT2D eigenvalue weighted by molar-refractivity contribution is -0.385. The molecular formula is C19H20N2O4. The molecule has 1 heterocycles. The standard InChI is InChI=1S/C19H20N2O4/c1-14-17(8-5-9-18(14)21(23)24)19(22)20-12-10-16(11-13-20)25-15-6-3-2-4-7-15/h2-9,16H,10-13H2,1H3. The SMILES string of the molecule is Cc1c(C(=O)N2CCC(Oc3ccccc3)CC2)cccc1[N+](=O)[O-]. The minimum Gasteiger partial charge on any atom is -0.490 e. The second-order valence-corrected chi connectivity index (χ2v) is 6.13. The molecule has 6 nitrogen and oxygen atoms in total. The fraction of sp³-hybridized carbons (Fsp3) is 0.316. The Kier molecular flexibility index (Phi) is 4.97. The summed E-state index contributed by atoms with van der Waals surface area (Å²) < 4.78 is 5.94. The molecule has 0 unspecified atom stereocenters. The summed E-state index contributed by atoms with van der Waals surface area (Å²) in [5, 5.41) is 11.1. The maximum atomic E-state index is 12.7. The van der Waals surface area contributed by atoms with Crippen LogP contribution in [0.1, 0.15) is 28.8 Å². The molecule has 1 aliphatic heterocycles. The summed E-state index contributed by atoms with van der Waals surface area (Å²) in [5.74, 6) is 0.682. The highest BCUT2D eigenvalue weighted by Crippen LogP contribution is 2.24. The number of carbonyl (C=O) groups is 1. The van der Waals surface area contributed by atoms with E-state index < -0.39 is 4.92 Å². The van der Waals surface area contributed by atoms with Crippen LogP contribution in [0.15, 0.2) is 48.5 Å². The molecule has 2 aromatic rings. The Hall–Kier alpha value is -2.89. The third-order valence-electron chi connectivity index (χ3n) is 4.51. The number of nitro groups is 1. The molecule has 6 heteroatoms. The number of piperidine rings is 1. The van der Waals surface area contributed by atoms with Crippen LogP contribution in [0, 0.1) is 17.0 Å². The minimum atomic E-state index is -0.452. The van der Waals surface area contributed by atoms with Crippen LogP contribution in [-0.4, -0.2) is 34.9 Å². The van der Waals surface area contributed by atoms with Crippen LogP contribution < -0.4 is 4.74 Å². The lowest BCUT2D eigenvalue weighted by Crippen LogP contribution is -2.42. The number of likely N-dealkylation sites (tertiary alicyclic amines) is 1. The second kappa shape index (κ2) is 7.34. The number of para-hydroxylation sites is 1. The van der Waals surface area contributed by atoms with Crippen molar-refractivity contribution in [3.05, 3.63) is 69.8 Å². The number of benzene rings is 2. The quantitative estimate of drug-likeness (QED) is 0.630. The molecule has 0 radical (unpaired) electrons. The lowest BCUT2D eigenvalue weighted by Gasteiger charge is -2.32. The van der Waals surface area contributed by atoms with Crippen LogP contribution in [-0.2, 0) is 0 Å². The summed E-state index contributed by atoms with van der Waals surface area (Å²) in [4.78, 5) is 25.1. The Labute approximate surface area is 146 Å². The van der Waals surface area contributed by atoms with Crippen LogP contribution in [0.25, 0.3) is 0 Å². The fourth-order valence-corrected chi connectivity index (χ4v) is 3.09. The molecule has 0 N–H and O–H groups in total.